The molecule has 0 saturated heterocycles. The van der Waals surface area contributed by atoms with Gasteiger partial charge in [-0.05, 0) is 12.1 Å². The summed E-state index contributed by atoms with van der Waals surface area (Å²) in [5, 5.41) is 8.94. The van der Waals surface area contributed by atoms with Crippen molar-refractivity contribution < 1.29 is 23.8 Å². The van der Waals surface area contributed by atoms with Crippen molar-refractivity contribution >= 4 is 17.6 Å². The van der Waals surface area contributed by atoms with Crippen molar-refractivity contribution in [2.45, 2.75) is 13.0 Å². The predicted molar refractivity (Wildman–Crippen MR) is 104 cm³/mol. The Kier molecular flexibility index (Phi) is 5.82. The fourth-order valence-electron chi connectivity index (χ4n) is 2.82. The number of hydrogen-bond acceptors (Lipinski definition) is 7. The summed E-state index contributed by atoms with van der Waals surface area (Å²) in [4.78, 5) is 36.3. The summed E-state index contributed by atoms with van der Waals surface area (Å²) < 4.78 is 16.7. The number of methoxy groups -OCH3 is 3. The molecule has 0 aromatic heterocycles. The lowest BCUT2D eigenvalue weighted by atomic mass is 10.1. The molecule has 1 aromatic carbocycles. The zero-order chi connectivity index (χ0) is 21.0. The fourth-order valence-corrected chi connectivity index (χ4v) is 2.82. The van der Waals surface area contributed by atoms with Gasteiger partial charge in [0.05, 0.1) is 32.6 Å². The van der Waals surface area contributed by atoms with Crippen LogP contribution in [0.25, 0.3) is 11.3 Å². The van der Waals surface area contributed by atoms with Gasteiger partial charge in [-0.2, -0.15) is 5.10 Å². The maximum atomic E-state index is 12.4. The van der Waals surface area contributed by atoms with Gasteiger partial charge in [0.2, 0.25) is 5.91 Å². The first-order valence-electron chi connectivity index (χ1n) is 8.65. The van der Waals surface area contributed by atoms with Crippen LogP contribution in [0.15, 0.2) is 35.4 Å². The molecular formula is C19H20N4O6. The second kappa shape index (κ2) is 8.46. The molecule has 10 heteroatoms. The number of anilines is 1. The summed E-state index contributed by atoms with van der Waals surface area (Å²) in [6.45, 7) is 0.231. The number of aryl methyl sites for hydroxylation is 1. The number of benzene rings is 1. The molecule has 2 heterocycles. The number of carbonyl (C=O) groups excluding carboxylic acids is 2. The van der Waals surface area contributed by atoms with E-state index in [9.17, 15) is 14.4 Å². The van der Waals surface area contributed by atoms with Gasteiger partial charge in [0.25, 0.3) is 5.56 Å². The van der Waals surface area contributed by atoms with Crippen LogP contribution in [0.1, 0.15) is 16.8 Å². The second-order valence-electron chi connectivity index (χ2n) is 6.08. The molecule has 152 valence electrons. The molecule has 1 aromatic rings. The van der Waals surface area contributed by atoms with Crippen LogP contribution in [0.3, 0.4) is 0 Å². The predicted octanol–water partition coefficient (Wildman–Crippen LogP) is 1.51. The van der Waals surface area contributed by atoms with Crippen LogP contribution in [0.4, 0.5) is 5.69 Å². The van der Waals surface area contributed by atoms with Crippen LogP contribution >= 0.6 is 0 Å². The molecule has 1 amide bonds. The number of carbonyl (C=O) groups is 2. The average molecular weight is 400 g/mol. The number of nitrogens with zero attached hydrogens (tertiary/aromatic N) is 2. The molecule has 2 aliphatic rings. The number of hydrogen-bond donors (Lipinski definition) is 2. The van der Waals surface area contributed by atoms with E-state index in [-0.39, 0.29) is 35.7 Å². The Balaban J connectivity index is 1.76. The summed E-state index contributed by atoms with van der Waals surface area (Å²) in [7, 11) is 4.28. The van der Waals surface area contributed by atoms with Gasteiger partial charge in [0.1, 0.15) is 22.8 Å². The van der Waals surface area contributed by atoms with Gasteiger partial charge >= 0.3 is 5.97 Å². The highest BCUT2D eigenvalue weighted by Crippen LogP contribution is 2.29. The Bertz CT molecular complexity index is 1070. The molecule has 2 aliphatic heterocycles. The summed E-state index contributed by atoms with van der Waals surface area (Å²) in [6.07, 6.45) is 3.13. The zero-order valence-electron chi connectivity index (χ0n) is 16.1. The minimum absolute atomic E-state index is 0.0952. The van der Waals surface area contributed by atoms with Crippen molar-refractivity contribution in [2.24, 2.45) is 0 Å². The number of ether oxygens (including phenoxy) is 3. The molecule has 0 atom stereocenters. The quantitative estimate of drug-likeness (QED) is 0.576. The molecule has 0 radical (unpaired) electrons. The van der Waals surface area contributed by atoms with E-state index in [0.717, 1.165) is 0 Å². The van der Waals surface area contributed by atoms with Crippen LogP contribution in [0, 0.1) is 0 Å². The van der Waals surface area contributed by atoms with Gasteiger partial charge in [-0.3, -0.25) is 9.59 Å². The van der Waals surface area contributed by atoms with E-state index < -0.39 is 11.5 Å². The van der Waals surface area contributed by atoms with Gasteiger partial charge < -0.3 is 24.1 Å². The number of rotatable bonds is 7. The van der Waals surface area contributed by atoms with Gasteiger partial charge in [0, 0.05) is 31.4 Å². The molecule has 0 saturated carbocycles. The highest BCUT2D eigenvalue weighted by Gasteiger charge is 2.22. The highest BCUT2D eigenvalue weighted by molar-refractivity contribution is 5.96. The third-order valence-corrected chi connectivity index (χ3v) is 4.30. The number of nitrogens with one attached hydrogen (secondary N) is 2. The zero-order valence-corrected chi connectivity index (χ0v) is 16.1. The van der Waals surface area contributed by atoms with E-state index in [1.807, 2.05) is 0 Å². The minimum atomic E-state index is -0.622. The van der Waals surface area contributed by atoms with Crippen molar-refractivity contribution in [3.05, 3.63) is 46.5 Å². The molecule has 0 aliphatic carbocycles. The first kappa shape index (κ1) is 19.9. The van der Waals surface area contributed by atoms with Gasteiger partial charge in [-0.25, -0.2) is 9.89 Å². The maximum absolute atomic E-state index is 12.4. The summed E-state index contributed by atoms with van der Waals surface area (Å²) in [5.74, 6) is 0.181. The van der Waals surface area contributed by atoms with E-state index in [1.54, 1.807) is 22.8 Å². The third kappa shape index (κ3) is 4.21. The topological polar surface area (TPSA) is 125 Å². The number of H-pyrrole nitrogens is 1. The smallest absolute Gasteiger partial charge is 0.341 e. The van der Waals surface area contributed by atoms with Crippen LogP contribution in [0.5, 0.6) is 11.5 Å². The molecule has 3 rings (SSSR count). The molecule has 2 N–H and O–H groups in total. The Hall–Kier alpha value is -3.82. The fraction of sp³-hybridized carbons (Fsp3) is 0.263. The number of amides is 1. The number of aromatic nitrogens is 3. The SMILES string of the molecule is COC(=O)c1cn(CCC(=O)Nc2ccc(OC)cc2OC)cc2c(=O)[nH]nc1-2. The second-order valence-corrected chi connectivity index (χ2v) is 6.08. The van der Waals surface area contributed by atoms with Crippen molar-refractivity contribution in [1.29, 1.82) is 0 Å². The molecule has 10 nitrogen and oxygen atoms in total. The molecule has 0 fully saturated rings. The van der Waals surface area contributed by atoms with Crippen LogP contribution in [-0.4, -0.2) is 48.0 Å². The van der Waals surface area contributed by atoms with Crippen LogP contribution in [0.2, 0.25) is 0 Å². The third-order valence-electron chi connectivity index (χ3n) is 4.30. The van der Waals surface area contributed by atoms with Crippen molar-refractivity contribution in [2.75, 3.05) is 26.6 Å². The van der Waals surface area contributed by atoms with Crippen molar-refractivity contribution in [3.8, 4) is 22.8 Å². The molecule has 0 bridgehead atoms. The first-order chi connectivity index (χ1) is 14.0. The lowest BCUT2D eigenvalue weighted by Gasteiger charge is -2.13. The Morgan fingerprint density at radius 2 is 1.97 bits per heavy atom. The van der Waals surface area contributed by atoms with E-state index in [0.29, 0.717) is 17.2 Å². The van der Waals surface area contributed by atoms with E-state index in [1.165, 1.54) is 33.7 Å². The van der Waals surface area contributed by atoms with E-state index in [2.05, 4.69) is 15.5 Å². The highest BCUT2D eigenvalue weighted by atomic mass is 16.5. The van der Waals surface area contributed by atoms with Gasteiger partial charge in [0.15, 0.2) is 0 Å². The van der Waals surface area contributed by atoms with Crippen molar-refractivity contribution in [3.63, 3.8) is 0 Å². The normalized spacial score (nSPS) is 10.6. The number of esters is 1. The number of pyridine rings is 1. The monoisotopic (exact) mass is 400 g/mol. The first-order valence-corrected chi connectivity index (χ1v) is 8.65. The summed E-state index contributed by atoms with van der Waals surface area (Å²) in [6, 6.07) is 5.05. The Morgan fingerprint density at radius 1 is 1.17 bits per heavy atom. The average Bonchev–Trinajstić information content (AvgIpc) is 3.12. The molecule has 0 unspecified atom stereocenters. The Morgan fingerprint density at radius 3 is 2.66 bits per heavy atom. The largest absolute Gasteiger partial charge is 0.497 e. The summed E-state index contributed by atoms with van der Waals surface area (Å²) >= 11 is 0. The van der Waals surface area contributed by atoms with Crippen molar-refractivity contribution in [1.82, 2.24) is 14.8 Å². The standard InChI is InChI=1S/C19H20N4O6/c1-27-11-4-5-14(15(8-11)28-2)20-16(24)6-7-23-9-12-17(21-22-18(12)25)13(10-23)19(26)29-3/h4-5,8-10H,6-7H2,1-3H3,(H,20,24)(H,22,25). The molecule has 0 spiro atoms. The van der Waals surface area contributed by atoms with Gasteiger partial charge in [-0.1, -0.05) is 0 Å². The van der Waals surface area contributed by atoms with Gasteiger partial charge in [-0.15, -0.1) is 0 Å². The molecular weight excluding hydrogens is 380 g/mol. The lowest BCUT2D eigenvalue weighted by molar-refractivity contribution is -0.116. The van der Waals surface area contributed by atoms with Crippen LogP contribution < -0.4 is 20.3 Å². The summed E-state index contributed by atoms with van der Waals surface area (Å²) in [5.41, 5.74) is 0.689. The van der Waals surface area contributed by atoms with E-state index in [4.69, 9.17) is 14.2 Å². The lowest BCUT2D eigenvalue weighted by Crippen LogP contribution is -2.17. The van der Waals surface area contributed by atoms with E-state index >= 15 is 0 Å². The number of aromatic amines is 1. The van der Waals surface area contributed by atoms with Crippen LogP contribution in [-0.2, 0) is 16.1 Å². The Labute approximate surface area is 165 Å². The minimum Gasteiger partial charge on any atom is -0.497 e. The maximum Gasteiger partial charge on any atom is 0.341 e. The number of fused-ring (bicyclic) bond motifs is 1. The molecule has 29 heavy (non-hydrogen) atoms.